The monoisotopic (exact) mass is 318 g/mol. The third-order valence-electron chi connectivity index (χ3n) is 2.36. The van der Waals surface area contributed by atoms with E-state index in [9.17, 15) is 0 Å². The molecule has 0 saturated carbocycles. The van der Waals surface area contributed by atoms with Crippen molar-refractivity contribution >= 4 is 75.6 Å². The third-order valence-corrected chi connectivity index (χ3v) is 2.79. The van der Waals surface area contributed by atoms with E-state index in [0.717, 1.165) is 5.56 Å². The van der Waals surface area contributed by atoms with Gasteiger partial charge < -0.3 is 8.83 Å². The Kier molecular flexibility index (Phi) is 5.30. The first-order chi connectivity index (χ1) is 8.72. The molecule has 0 saturated heterocycles. The van der Waals surface area contributed by atoms with Crippen LogP contribution >= 0.6 is 24.2 Å². The first-order valence-electron chi connectivity index (χ1n) is 5.11. The van der Waals surface area contributed by atoms with E-state index >= 15 is 0 Å². The topological polar surface area (TPSA) is 52.1 Å². The molecule has 0 unspecified atom stereocenters. The van der Waals surface area contributed by atoms with Gasteiger partial charge in [-0.25, -0.2) is 0 Å². The molecule has 3 aromatic rings. The van der Waals surface area contributed by atoms with E-state index in [2.05, 4.69) is 22.8 Å². The molecule has 2 heterocycles. The van der Waals surface area contributed by atoms with Gasteiger partial charge in [0.15, 0.2) is 5.76 Å². The number of benzene rings is 1. The van der Waals surface area contributed by atoms with Gasteiger partial charge in [0.25, 0.3) is 11.1 Å². The zero-order chi connectivity index (χ0) is 12.5. The van der Waals surface area contributed by atoms with Gasteiger partial charge in [-0.2, -0.15) is 0 Å². The van der Waals surface area contributed by atoms with Crippen molar-refractivity contribution in [3.05, 3.63) is 41.4 Å². The Morgan fingerprint density at radius 1 is 0.895 bits per heavy atom. The van der Waals surface area contributed by atoms with Crippen molar-refractivity contribution in [2.24, 2.45) is 0 Å². The quantitative estimate of drug-likeness (QED) is 0.582. The van der Waals surface area contributed by atoms with E-state index < -0.39 is 0 Å². The summed E-state index contributed by atoms with van der Waals surface area (Å²) in [5.41, 5.74) is 0.927. The van der Waals surface area contributed by atoms with E-state index in [1.54, 1.807) is 18.2 Å². The van der Waals surface area contributed by atoms with Crippen molar-refractivity contribution in [3.8, 4) is 23.0 Å². The number of halogens is 1. The second-order valence-electron chi connectivity index (χ2n) is 3.56. The molecule has 0 radical (unpaired) electrons. The molecule has 1 aromatic carbocycles. The van der Waals surface area contributed by atoms with Gasteiger partial charge in [0.2, 0.25) is 0 Å². The van der Waals surface area contributed by atoms with Gasteiger partial charge in [-0.1, -0.05) is 24.2 Å². The molecule has 0 aliphatic heterocycles. The molecular formula is C12H8ClKN2O2S. The molecule has 0 amide bonds. The fourth-order valence-corrected chi connectivity index (χ4v) is 1.79. The summed E-state index contributed by atoms with van der Waals surface area (Å²) in [7, 11) is 0. The summed E-state index contributed by atoms with van der Waals surface area (Å²) in [5.74, 6) is 1.52. The van der Waals surface area contributed by atoms with Crippen LogP contribution in [-0.2, 0) is 0 Å². The van der Waals surface area contributed by atoms with Crippen LogP contribution in [0.25, 0.3) is 23.0 Å². The van der Waals surface area contributed by atoms with Crippen LogP contribution in [0.2, 0.25) is 5.02 Å². The maximum absolute atomic E-state index is 5.83. The number of thiol groups is 1. The van der Waals surface area contributed by atoms with Gasteiger partial charge in [-0.3, -0.25) is 0 Å². The molecule has 0 atom stereocenters. The average Bonchev–Trinajstić information content (AvgIpc) is 2.98. The Morgan fingerprint density at radius 3 is 2.21 bits per heavy atom. The Hall–Kier alpha value is -0.0836. The second-order valence-corrected chi connectivity index (χ2v) is 4.38. The summed E-state index contributed by atoms with van der Waals surface area (Å²) in [6.45, 7) is 0. The summed E-state index contributed by atoms with van der Waals surface area (Å²) in [6.07, 6.45) is 0. The SMILES string of the molecule is Sc1nnc(-c2ccc(-c3ccc(Cl)cc3)o2)o1.[KH]. The summed E-state index contributed by atoms with van der Waals surface area (Å²) in [6, 6.07) is 11.0. The molecule has 7 heteroatoms. The van der Waals surface area contributed by atoms with Crippen molar-refractivity contribution in [2.75, 3.05) is 0 Å². The van der Waals surface area contributed by atoms with Crippen molar-refractivity contribution in [3.63, 3.8) is 0 Å². The van der Waals surface area contributed by atoms with Crippen LogP contribution < -0.4 is 0 Å². The number of aromatic nitrogens is 2. The summed E-state index contributed by atoms with van der Waals surface area (Å²) in [4.78, 5) is 0. The molecule has 0 aliphatic carbocycles. The average molecular weight is 319 g/mol. The van der Waals surface area contributed by atoms with Crippen LogP contribution in [-0.4, -0.2) is 61.6 Å². The minimum absolute atomic E-state index is 0. The van der Waals surface area contributed by atoms with Crippen LogP contribution in [0.1, 0.15) is 0 Å². The minimum atomic E-state index is 0. The van der Waals surface area contributed by atoms with E-state index in [4.69, 9.17) is 20.4 Å². The van der Waals surface area contributed by atoms with Gasteiger partial charge in [0, 0.05) is 10.6 Å². The molecule has 0 spiro atoms. The van der Waals surface area contributed by atoms with E-state index in [1.165, 1.54) is 0 Å². The molecule has 0 fully saturated rings. The molecule has 3 rings (SSSR count). The second kappa shape index (κ2) is 6.58. The molecule has 92 valence electrons. The van der Waals surface area contributed by atoms with Crippen LogP contribution in [0.5, 0.6) is 0 Å². The molecular weight excluding hydrogens is 311 g/mol. The fourth-order valence-electron chi connectivity index (χ4n) is 1.54. The van der Waals surface area contributed by atoms with Crippen molar-refractivity contribution < 1.29 is 8.83 Å². The normalized spacial score (nSPS) is 10.2. The van der Waals surface area contributed by atoms with Crippen molar-refractivity contribution in [1.82, 2.24) is 10.2 Å². The Labute approximate surface area is 162 Å². The van der Waals surface area contributed by atoms with Crippen molar-refractivity contribution in [1.29, 1.82) is 0 Å². The summed E-state index contributed by atoms with van der Waals surface area (Å²) in [5, 5.41) is 8.34. The van der Waals surface area contributed by atoms with Crippen LogP contribution in [0, 0.1) is 0 Å². The first-order valence-corrected chi connectivity index (χ1v) is 5.93. The molecule has 4 nitrogen and oxygen atoms in total. The van der Waals surface area contributed by atoms with Gasteiger partial charge in [0.1, 0.15) is 5.76 Å². The van der Waals surface area contributed by atoms with E-state index in [-0.39, 0.29) is 56.6 Å². The van der Waals surface area contributed by atoms with Crippen molar-refractivity contribution in [2.45, 2.75) is 5.22 Å². The van der Waals surface area contributed by atoms with Gasteiger partial charge in [-0.15, -0.1) is 10.2 Å². The molecule has 2 aromatic heterocycles. The maximum atomic E-state index is 5.83. The molecule has 0 bridgehead atoms. The van der Waals surface area contributed by atoms with E-state index in [0.29, 0.717) is 22.4 Å². The zero-order valence-electron chi connectivity index (χ0n) is 9.00. The summed E-state index contributed by atoms with van der Waals surface area (Å²) < 4.78 is 10.8. The predicted molar refractivity (Wildman–Crippen MR) is 76.8 cm³/mol. The van der Waals surface area contributed by atoms with Gasteiger partial charge in [0.05, 0.1) is 0 Å². The molecule has 19 heavy (non-hydrogen) atoms. The zero-order valence-corrected chi connectivity index (χ0v) is 10.7. The Balaban J connectivity index is 0.00000133. The standard InChI is InChI=1S/C12H7ClN2O2S.K.H/c13-8-3-1-7(2-4-8)9-5-6-10(16-9)11-14-15-12(18)17-11;;/h1-6H,(H,15,18);;. The number of furan rings is 1. The number of rotatable bonds is 2. The van der Waals surface area contributed by atoms with Gasteiger partial charge in [-0.05, 0) is 36.4 Å². The third kappa shape index (κ3) is 3.52. The molecule has 0 N–H and O–H groups in total. The number of nitrogens with zero attached hydrogens (tertiary/aromatic N) is 2. The summed E-state index contributed by atoms with van der Waals surface area (Å²) >= 11 is 9.78. The number of hydrogen-bond donors (Lipinski definition) is 1. The first kappa shape index (κ1) is 15.3. The number of hydrogen-bond acceptors (Lipinski definition) is 5. The van der Waals surface area contributed by atoms with E-state index in [1.807, 2.05) is 18.2 Å². The Morgan fingerprint density at radius 2 is 1.58 bits per heavy atom. The van der Waals surface area contributed by atoms with Crippen LogP contribution in [0.4, 0.5) is 0 Å². The van der Waals surface area contributed by atoms with Crippen LogP contribution in [0.15, 0.2) is 50.5 Å². The van der Waals surface area contributed by atoms with Gasteiger partial charge >= 0.3 is 51.4 Å². The predicted octanol–water partition coefficient (Wildman–Crippen LogP) is 3.29. The fraction of sp³-hybridized carbons (Fsp3) is 0. The Bertz CT molecular complexity index is 681. The van der Waals surface area contributed by atoms with Crippen LogP contribution in [0.3, 0.4) is 0 Å². The molecule has 0 aliphatic rings.